The largest absolute Gasteiger partial charge is 0.491 e. The van der Waals surface area contributed by atoms with E-state index < -0.39 is 18.6 Å². The predicted octanol–water partition coefficient (Wildman–Crippen LogP) is 2.62. The Morgan fingerprint density at radius 2 is 2.06 bits per heavy atom. The lowest BCUT2D eigenvalue weighted by Crippen LogP contribution is -2.33. The Hall–Kier alpha value is -3.41. The molecule has 33 heavy (non-hydrogen) atoms. The summed E-state index contributed by atoms with van der Waals surface area (Å²) in [5, 5.41) is 9.68. The number of methoxy groups -OCH3 is 1. The number of hydrogen-bond acceptors (Lipinski definition) is 6. The Bertz CT molecular complexity index is 962. The van der Waals surface area contributed by atoms with Crippen LogP contribution in [0.4, 0.5) is 13.2 Å². The summed E-state index contributed by atoms with van der Waals surface area (Å²) in [6.07, 6.45) is -0.0724. The van der Waals surface area contributed by atoms with Crippen molar-refractivity contribution in [3.63, 3.8) is 0 Å². The van der Waals surface area contributed by atoms with Crippen LogP contribution in [0.15, 0.2) is 37.1 Å². The van der Waals surface area contributed by atoms with Gasteiger partial charge in [0.2, 0.25) is 0 Å². The minimum Gasteiger partial charge on any atom is -0.491 e. The molecule has 180 valence electrons. The third-order valence-corrected chi connectivity index (χ3v) is 4.42. The third-order valence-electron chi connectivity index (χ3n) is 4.42. The number of alkyl halides is 3. The number of allylic oxidation sites excluding steroid dienone is 1. The van der Waals surface area contributed by atoms with Crippen molar-refractivity contribution < 1.29 is 32.2 Å². The molecule has 2 rings (SSSR count). The van der Waals surface area contributed by atoms with Gasteiger partial charge in [0.15, 0.2) is 5.69 Å². The first kappa shape index (κ1) is 25.8. The first-order valence-electron chi connectivity index (χ1n) is 10.1. The molecule has 0 aliphatic rings. The van der Waals surface area contributed by atoms with Crippen molar-refractivity contribution in [1.29, 1.82) is 0 Å². The molecule has 0 atom stereocenters. The average molecular weight is 469 g/mol. The minimum atomic E-state index is -4.53. The summed E-state index contributed by atoms with van der Waals surface area (Å²) in [4.78, 5) is 26.1. The fourth-order valence-electron chi connectivity index (χ4n) is 2.66. The summed E-state index contributed by atoms with van der Waals surface area (Å²) in [5.74, 6) is -1.06. The van der Waals surface area contributed by atoms with Gasteiger partial charge in [-0.2, -0.15) is 13.2 Å². The van der Waals surface area contributed by atoms with E-state index in [0.29, 0.717) is 31.7 Å². The van der Waals surface area contributed by atoms with Gasteiger partial charge in [-0.25, -0.2) is 4.68 Å². The number of benzene rings is 1. The van der Waals surface area contributed by atoms with Crippen molar-refractivity contribution in [3.05, 3.63) is 48.3 Å². The number of likely N-dealkylation sites (N-methyl/N-ethyl adjacent to an activating group) is 1. The molecule has 0 spiro atoms. The SMILES string of the molecule is C=CCCCOc1cc(C(=O)NCC(F)(F)F)ccc1-n1cc(C(=O)N(C)CCOC)nn1. The number of carbonyl (C=O) groups excluding carboxylic acids is 2. The lowest BCUT2D eigenvalue weighted by Gasteiger charge is -2.14. The van der Waals surface area contributed by atoms with E-state index >= 15 is 0 Å². The van der Waals surface area contributed by atoms with Gasteiger partial charge in [0.1, 0.15) is 18.0 Å². The Balaban J connectivity index is 2.27. The molecule has 2 aromatic rings. The number of rotatable bonds is 12. The molecule has 2 amide bonds. The van der Waals surface area contributed by atoms with Crippen LogP contribution in [0.5, 0.6) is 5.75 Å². The molecule has 12 heteroatoms. The lowest BCUT2D eigenvalue weighted by atomic mass is 10.1. The first-order valence-corrected chi connectivity index (χ1v) is 10.1. The van der Waals surface area contributed by atoms with Crippen LogP contribution < -0.4 is 10.1 Å². The third kappa shape index (κ3) is 7.90. The summed E-state index contributed by atoms with van der Waals surface area (Å²) in [5.41, 5.74) is 0.433. The normalized spacial score (nSPS) is 11.2. The number of nitrogens with one attached hydrogen (secondary N) is 1. The van der Waals surface area contributed by atoms with Gasteiger partial charge < -0.3 is 19.7 Å². The Labute approximate surface area is 189 Å². The second kappa shape index (κ2) is 12.0. The molecule has 1 heterocycles. The van der Waals surface area contributed by atoms with E-state index in [1.54, 1.807) is 13.1 Å². The van der Waals surface area contributed by atoms with Gasteiger partial charge in [0.05, 0.1) is 19.4 Å². The highest BCUT2D eigenvalue weighted by Crippen LogP contribution is 2.25. The summed E-state index contributed by atoms with van der Waals surface area (Å²) in [7, 11) is 3.13. The van der Waals surface area contributed by atoms with Gasteiger partial charge >= 0.3 is 6.18 Å². The number of carbonyl (C=O) groups is 2. The molecular formula is C21H26F3N5O4. The molecule has 0 unspecified atom stereocenters. The molecule has 1 N–H and O–H groups in total. The molecule has 1 aromatic carbocycles. The van der Waals surface area contributed by atoms with Crippen molar-refractivity contribution in [3.8, 4) is 11.4 Å². The summed E-state index contributed by atoms with van der Waals surface area (Å²) < 4.78 is 49.3. The van der Waals surface area contributed by atoms with Crippen molar-refractivity contribution in [2.45, 2.75) is 19.0 Å². The van der Waals surface area contributed by atoms with Gasteiger partial charge in [-0.3, -0.25) is 9.59 Å². The smallest absolute Gasteiger partial charge is 0.405 e. The minimum absolute atomic E-state index is 0.0163. The van der Waals surface area contributed by atoms with E-state index in [1.165, 1.54) is 41.1 Å². The monoisotopic (exact) mass is 469 g/mol. The van der Waals surface area contributed by atoms with E-state index in [4.69, 9.17) is 9.47 Å². The zero-order chi connectivity index (χ0) is 24.4. The molecule has 0 aliphatic heterocycles. The van der Waals surface area contributed by atoms with Crippen molar-refractivity contribution in [2.75, 3.05) is 40.5 Å². The molecule has 0 saturated heterocycles. The Morgan fingerprint density at radius 1 is 1.30 bits per heavy atom. The number of hydrogen-bond donors (Lipinski definition) is 1. The molecule has 0 radical (unpaired) electrons. The van der Waals surface area contributed by atoms with Gasteiger partial charge in [0.25, 0.3) is 11.8 Å². The Kier molecular flexibility index (Phi) is 9.40. The van der Waals surface area contributed by atoms with Gasteiger partial charge in [-0.05, 0) is 31.0 Å². The van der Waals surface area contributed by atoms with E-state index in [9.17, 15) is 22.8 Å². The van der Waals surface area contributed by atoms with Crippen LogP contribution in [-0.2, 0) is 4.74 Å². The van der Waals surface area contributed by atoms with Crippen LogP contribution in [0.1, 0.15) is 33.7 Å². The fraction of sp³-hybridized carbons (Fsp3) is 0.429. The maximum absolute atomic E-state index is 12.5. The highest BCUT2D eigenvalue weighted by atomic mass is 19.4. The van der Waals surface area contributed by atoms with Crippen LogP contribution in [0.25, 0.3) is 5.69 Å². The maximum atomic E-state index is 12.5. The van der Waals surface area contributed by atoms with E-state index in [0.717, 1.165) is 0 Å². The molecule has 9 nitrogen and oxygen atoms in total. The number of ether oxygens (including phenoxy) is 2. The molecular weight excluding hydrogens is 443 g/mol. The van der Waals surface area contributed by atoms with E-state index in [-0.39, 0.29) is 29.5 Å². The molecule has 1 aromatic heterocycles. The number of halogens is 3. The highest BCUT2D eigenvalue weighted by molar-refractivity contribution is 5.95. The van der Waals surface area contributed by atoms with E-state index in [2.05, 4.69) is 16.9 Å². The zero-order valence-electron chi connectivity index (χ0n) is 18.4. The number of nitrogens with zero attached hydrogens (tertiary/aromatic N) is 4. The average Bonchev–Trinajstić information content (AvgIpc) is 3.27. The first-order chi connectivity index (χ1) is 15.7. The van der Waals surface area contributed by atoms with Crippen LogP contribution >= 0.6 is 0 Å². The molecule has 0 aliphatic carbocycles. The summed E-state index contributed by atoms with van der Waals surface area (Å²) in [6, 6.07) is 4.12. The van der Waals surface area contributed by atoms with Crippen molar-refractivity contribution >= 4 is 11.8 Å². The molecule has 0 fully saturated rings. The van der Waals surface area contributed by atoms with Crippen LogP contribution in [0, 0.1) is 0 Å². The highest BCUT2D eigenvalue weighted by Gasteiger charge is 2.28. The lowest BCUT2D eigenvalue weighted by molar-refractivity contribution is -0.123. The van der Waals surface area contributed by atoms with Crippen LogP contribution in [-0.4, -0.2) is 78.3 Å². The number of amides is 2. The van der Waals surface area contributed by atoms with E-state index in [1.807, 2.05) is 5.32 Å². The fourth-order valence-corrected chi connectivity index (χ4v) is 2.66. The predicted molar refractivity (Wildman–Crippen MR) is 114 cm³/mol. The maximum Gasteiger partial charge on any atom is 0.405 e. The zero-order valence-corrected chi connectivity index (χ0v) is 18.4. The summed E-state index contributed by atoms with van der Waals surface area (Å²) >= 11 is 0. The van der Waals surface area contributed by atoms with Gasteiger partial charge in [-0.15, -0.1) is 11.7 Å². The van der Waals surface area contributed by atoms with Crippen LogP contribution in [0.2, 0.25) is 0 Å². The quantitative estimate of drug-likeness (QED) is 0.379. The van der Waals surface area contributed by atoms with Gasteiger partial charge in [0, 0.05) is 26.3 Å². The topological polar surface area (TPSA) is 98.6 Å². The Morgan fingerprint density at radius 3 is 2.73 bits per heavy atom. The number of aromatic nitrogens is 3. The van der Waals surface area contributed by atoms with Crippen LogP contribution in [0.3, 0.4) is 0 Å². The molecule has 0 saturated carbocycles. The van der Waals surface area contributed by atoms with Crippen molar-refractivity contribution in [2.24, 2.45) is 0 Å². The van der Waals surface area contributed by atoms with Crippen molar-refractivity contribution in [1.82, 2.24) is 25.2 Å². The second-order valence-electron chi connectivity index (χ2n) is 7.03. The van der Waals surface area contributed by atoms with Gasteiger partial charge in [-0.1, -0.05) is 11.3 Å². The second-order valence-corrected chi connectivity index (χ2v) is 7.03. The molecule has 0 bridgehead atoms. The number of unbranched alkanes of at least 4 members (excludes halogenated alkanes) is 1. The standard InChI is InChI=1S/C21H26F3N5O4/c1-4-5-6-10-33-18-12-15(19(30)25-14-21(22,23)24)7-8-17(18)29-13-16(26-27-29)20(31)28(2)9-11-32-3/h4,7-8,12-13H,1,5-6,9-11,14H2,2-3H3,(H,25,30). The summed E-state index contributed by atoms with van der Waals surface area (Å²) in [6.45, 7) is 3.17.